The first-order valence-corrected chi connectivity index (χ1v) is 8.45. The van der Waals surface area contributed by atoms with E-state index >= 15 is 0 Å². The second-order valence-corrected chi connectivity index (χ2v) is 6.89. The minimum atomic E-state index is -0.196. The molecule has 1 heterocycles. The molecule has 0 bridgehead atoms. The topological polar surface area (TPSA) is 58.2 Å². The molecule has 0 spiro atoms. The molecule has 1 aliphatic heterocycles. The number of anilines is 2. The smallest absolute Gasteiger partial charge is 0.255 e. The van der Waals surface area contributed by atoms with Crippen molar-refractivity contribution in [2.45, 2.75) is 11.8 Å². The second kappa shape index (κ2) is 6.14. The molecule has 2 N–H and O–H groups in total. The quantitative estimate of drug-likeness (QED) is 0.830. The summed E-state index contributed by atoms with van der Waals surface area (Å²) in [6, 6.07) is 11.0. The number of thioether (sulfide) groups is 1. The Morgan fingerprint density at radius 1 is 1.27 bits per heavy atom. The van der Waals surface area contributed by atoms with Gasteiger partial charge in [0, 0.05) is 20.6 Å². The average molecular weight is 377 g/mol. The van der Waals surface area contributed by atoms with Gasteiger partial charge < -0.3 is 10.6 Å². The summed E-state index contributed by atoms with van der Waals surface area (Å²) < 4.78 is 0.969. The number of carbonyl (C=O) groups excluding carboxylic acids is 2. The predicted molar refractivity (Wildman–Crippen MR) is 92.6 cm³/mol. The fourth-order valence-corrected chi connectivity index (χ4v) is 3.45. The van der Waals surface area contributed by atoms with Crippen LogP contribution in [0.1, 0.15) is 15.9 Å². The van der Waals surface area contributed by atoms with E-state index in [4.69, 9.17) is 0 Å². The number of fused-ring (bicyclic) bond motifs is 1. The van der Waals surface area contributed by atoms with Gasteiger partial charge >= 0.3 is 0 Å². The number of carbonyl (C=O) groups is 2. The molecule has 1 aliphatic rings. The Balaban J connectivity index is 1.83. The zero-order valence-corrected chi connectivity index (χ0v) is 14.2. The molecule has 4 nitrogen and oxygen atoms in total. The van der Waals surface area contributed by atoms with E-state index in [1.165, 1.54) is 11.8 Å². The van der Waals surface area contributed by atoms with Crippen molar-refractivity contribution >= 4 is 50.9 Å². The Hall–Kier alpha value is -1.79. The molecule has 112 valence electrons. The van der Waals surface area contributed by atoms with Crippen molar-refractivity contribution in [3.8, 4) is 0 Å². The molecule has 3 rings (SSSR count). The lowest BCUT2D eigenvalue weighted by molar-refractivity contribution is -0.113. The summed E-state index contributed by atoms with van der Waals surface area (Å²) >= 11 is 4.88. The maximum atomic E-state index is 12.4. The molecule has 0 fully saturated rings. The van der Waals surface area contributed by atoms with Crippen LogP contribution in [0.3, 0.4) is 0 Å². The molecule has 2 aromatic carbocycles. The van der Waals surface area contributed by atoms with Gasteiger partial charge in [-0.3, -0.25) is 9.59 Å². The Kier molecular flexibility index (Phi) is 4.22. The first kappa shape index (κ1) is 15.1. The number of benzene rings is 2. The van der Waals surface area contributed by atoms with Crippen LogP contribution < -0.4 is 10.6 Å². The molecule has 2 amide bonds. The summed E-state index contributed by atoms with van der Waals surface area (Å²) in [5.41, 5.74) is 2.96. The lowest BCUT2D eigenvalue weighted by Crippen LogP contribution is -2.20. The maximum absolute atomic E-state index is 12.4. The summed E-state index contributed by atoms with van der Waals surface area (Å²) in [6.45, 7) is 1.93. The van der Waals surface area contributed by atoms with E-state index in [9.17, 15) is 9.59 Å². The zero-order valence-electron chi connectivity index (χ0n) is 11.8. The Bertz CT molecular complexity index is 777. The molecule has 22 heavy (non-hydrogen) atoms. The van der Waals surface area contributed by atoms with E-state index in [0.717, 1.165) is 20.6 Å². The second-order valence-electron chi connectivity index (χ2n) is 4.96. The van der Waals surface area contributed by atoms with E-state index in [-0.39, 0.29) is 11.8 Å². The van der Waals surface area contributed by atoms with Crippen molar-refractivity contribution in [2.75, 3.05) is 16.4 Å². The fraction of sp³-hybridized carbons (Fsp3) is 0.125. The van der Waals surface area contributed by atoms with Gasteiger partial charge in [-0.2, -0.15) is 0 Å². The van der Waals surface area contributed by atoms with Crippen molar-refractivity contribution in [3.63, 3.8) is 0 Å². The third kappa shape index (κ3) is 3.18. The van der Waals surface area contributed by atoms with Gasteiger partial charge in [-0.1, -0.05) is 15.9 Å². The molecular weight excluding hydrogens is 364 g/mol. The average Bonchev–Trinajstić information content (AvgIpc) is 2.49. The van der Waals surface area contributed by atoms with Gasteiger partial charge in [0.2, 0.25) is 5.91 Å². The number of amides is 2. The molecule has 2 aromatic rings. The predicted octanol–water partition coefficient (Wildman–Crippen LogP) is 4.05. The monoisotopic (exact) mass is 376 g/mol. The third-order valence-corrected chi connectivity index (χ3v) is 4.88. The van der Waals surface area contributed by atoms with Crippen LogP contribution in [-0.2, 0) is 4.79 Å². The molecule has 0 radical (unpaired) electrons. The maximum Gasteiger partial charge on any atom is 0.255 e. The summed E-state index contributed by atoms with van der Waals surface area (Å²) in [5.74, 6) is 0.174. The van der Waals surface area contributed by atoms with E-state index in [1.807, 2.05) is 31.2 Å². The Morgan fingerprint density at radius 2 is 2.09 bits per heavy atom. The van der Waals surface area contributed by atoms with Gasteiger partial charge in [-0.25, -0.2) is 0 Å². The van der Waals surface area contributed by atoms with Gasteiger partial charge in [-0.05, 0) is 48.9 Å². The van der Waals surface area contributed by atoms with Gasteiger partial charge in [0.25, 0.3) is 5.91 Å². The van der Waals surface area contributed by atoms with Gasteiger partial charge in [-0.15, -0.1) is 11.8 Å². The largest absolute Gasteiger partial charge is 0.324 e. The summed E-state index contributed by atoms with van der Waals surface area (Å²) in [6.07, 6.45) is 0. The van der Waals surface area contributed by atoms with Crippen molar-refractivity contribution in [2.24, 2.45) is 0 Å². The highest BCUT2D eigenvalue weighted by molar-refractivity contribution is 9.10. The number of hydrogen-bond acceptors (Lipinski definition) is 3. The number of rotatable bonds is 2. The van der Waals surface area contributed by atoms with Crippen LogP contribution in [0, 0.1) is 6.92 Å². The molecule has 0 atom stereocenters. The highest BCUT2D eigenvalue weighted by atomic mass is 79.9. The highest BCUT2D eigenvalue weighted by Gasteiger charge is 2.17. The van der Waals surface area contributed by atoms with Crippen molar-refractivity contribution in [3.05, 3.63) is 52.0 Å². The number of nitrogens with one attached hydrogen (secondary N) is 2. The van der Waals surface area contributed by atoms with Gasteiger partial charge in [0.05, 0.1) is 11.4 Å². The molecule has 0 unspecified atom stereocenters. The number of halogens is 1. The van der Waals surface area contributed by atoms with Crippen LogP contribution in [0.2, 0.25) is 0 Å². The molecule has 0 aliphatic carbocycles. The highest BCUT2D eigenvalue weighted by Crippen LogP contribution is 2.32. The summed E-state index contributed by atoms with van der Waals surface area (Å²) in [4.78, 5) is 24.8. The van der Waals surface area contributed by atoms with E-state index in [2.05, 4.69) is 26.6 Å². The number of hydrogen-bond donors (Lipinski definition) is 2. The first-order valence-electron chi connectivity index (χ1n) is 6.67. The normalized spacial score (nSPS) is 13.3. The molecular formula is C16H13BrN2O2S. The lowest BCUT2D eigenvalue weighted by Gasteiger charge is -2.17. The Morgan fingerprint density at radius 3 is 2.86 bits per heavy atom. The Labute approximate surface area is 140 Å². The zero-order chi connectivity index (χ0) is 15.7. The summed E-state index contributed by atoms with van der Waals surface area (Å²) in [7, 11) is 0. The van der Waals surface area contributed by atoms with Crippen molar-refractivity contribution < 1.29 is 9.59 Å². The van der Waals surface area contributed by atoms with E-state index in [0.29, 0.717) is 17.0 Å². The molecule has 0 saturated carbocycles. The minimum absolute atomic E-state index is 0.0428. The minimum Gasteiger partial charge on any atom is -0.324 e. The number of aryl methyl sites for hydroxylation is 1. The van der Waals surface area contributed by atoms with Crippen LogP contribution in [0.15, 0.2) is 45.8 Å². The fourth-order valence-electron chi connectivity index (χ4n) is 2.19. The van der Waals surface area contributed by atoms with Crippen molar-refractivity contribution in [1.82, 2.24) is 0 Å². The standard InChI is InChI=1S/C16H13BrN2O2S/c1-9-6-11(17)3-4-12(9)19-16(21)10-2-5-14-13(7-10)18-15(20)8-22-14/h2-7H,8H2,1H3,(H,18,20)(H,19,21). The van der Waals surface area contributed by atoms with Gasteiger partial charge in [0.15, 0.2) is 0 Å². The van der Waals surface area contributed by atoms with Crippen LogP contribution >= 0.6 is 27.7 Å². The van der Waals surface area contributed by atoms with E-state index < -0.39 is 0 Å². The summed E-state index contributed by atoms with van der Waals surface area (Å²) in [5, 5.41) is 5.68. The lowest BCUT2D eigenvalue weighted by atomic mass is 10.1. The third-order valence-electron chi connectivity index (χ3n) is 3.31. The first-order chi connectivity index (χ1) is 10.5. The molecule has 6 heteroatoms. The van der Waals surface area contributed by atoms with Gasteiger partial charge in [0.1, 0.15) is 0 Å². The van der Waals surface area contributed by atoms with Crippen LogP contribution in [-0.4, -0.2) is 17.6 Å². The molecule has 0 aromatic heterocycles. The van der Waals surface area contributed by atoms with Crippen LogP contribution in [0.25, 0.3) is 0 Å². The van der Waals surface area contributed by atoms with Crippen LogP contribution in [0.4, 0.5) is 11.4 Å². The molecule has 0 saturated heterocycles. The van der Waals surface area contributed by atoms with Crippen molar-refractivity contribution in [1.29, 1.82) is 0 Å². The van der Waals surface area contributed by atoms with Crippen LogP contribution in [0.5, 0.6) is 0 Å². The SMILES string of the molecule is Cc1cc(Br)ccc1NC(=O)c1ccc2c(c1)NC(=O)CS2. The van der Waals surface area contributed by atoms with E-state index in [1.54, 1.807) is 12.1 Å².